The van der Waals surface area contributed by atoms with Gasteiger partial charge in [0.25, 0.3) is 0 Å². The Morgan fingerprint density at radius 1 is 1.04 bits per heavy atom. The summed E-state index contributed by atoms with van der Waals surface area (Å²) in [6.07, 6.45) is 0.676. The average Bonchev–Trinajstić information content (AvgIpc) is 2.59. The van der Waals surface area contributed by atoms with Crippen LogP contribution in [0.1, 0.15) is 5.56 Å². The van der Waals surface area contributed by atoms with Crippen LogP contribution in [-0.4, -0.2) is 41.5 Å². The molecule has 2 aromatic rings. The first-order chi connectivity index (χ1) is 12.3. The SMILES string of the molecule is CN(C)c1ccc(NC(=O)CNCCc2ccc(S(N)(=O)=O)cc2)cc1. The predicted molar refractivity (Wildman–Crippen MR) is 104 cm³/mol. The molecule has 2 rings (SSSR count). The van der Waals surface area contributed by atoms with Crippen molar-refractivity contribution in [1.82, 2.24) is 5.32 Å². The second kappa shape index (κ2) is 8.79. The van der Waals surface area contributed by atoms with Gasteiger partial charge in [-0.25, -0.2) is 13.6 Å². The Morgan fingerprint density at radius 2 is 1.65 bits per heavy atom. The summed E-state index contributed by atoms with van der Waals surface area (Å²) in [5.74, 6) is -0.118. The van der Waals surface area contributed by atoms with E-state index in [1.165, 1.54) is 12.1 Å². The number of nitrogens with zero attached hydrogens (tertiary/aromatic N) is 1. The first-order valence-electron chi connectivity index (χ1n) is 8.15. The highest BCUT2D eigenvalue weighted by molar-refractivity contribution is 7.89. The van der Waals surface area contributed by atoms with Gasteiger partial charge in [0, 0.05) is 25.5 Å². The molecule has 0 atom stereocenters. The van der Waals surface area contributed by atoms with Gasteiger partial charge < -0.3 is 15.5 Å². The lowest BCUT2D eigenvalue weighted by molar-refractivity contribution is -0.115. The average molecular weight is 376 g/mol. The number of benzene rings is 2. The zero-order valence-corrected chi connectivity index (χ0v) is 15.7. The van der Waals surface area contributed by atoms with Crippen molar-refractivity contribution in [2.75, 3.05) is 37.4 Å². The van der Waals surface area contributed by atoms with E-state index in [0.717, 1.165) is 16.9 Å². The molecule has 2 aromatic carbocycles. The molecule has 1 amide bonds. The molecule has 0 fully saturated rings. The minimum Gasteiger partial charge on any atom is -0.378 e. The quantitative estimate of drug-likeness (QED) is 0.600. The maximum atomic E-state index is 11.9. The van der Waals surface area contributed by atoms with Crippen LogP contribution < -0.4 is 20.7 Å². The van der Waals surface area contributed by atoms with Crippen LogP contribution in [-0.2, 0) is 21.2 Å². The summed E-state index contributed by atoms with van der Waals surface area (Å²) in [4.78, 5) is 14.0. The van der Waals surface area contributed by atoms with Crippen molar-refractivity contribution in [2.45, 2.75) is 11.3 Å². The number of rotatable bonds is 8. The number of hydrogen-bond acceptors (Lipinski definition) is 5. The van der Waals surface area contributed by atoms with Crippen molar-refractivity contribution in [1.29, 1.82) is 0 Å². The molecule has 8 heteroatoms. The molecule has 0 bridgehead atoms. The first-order valence-corrected chi connectivity index (χ1v) is 9.70. The summed E-state index contributed by atoms with van der Waals surface area (Å²) in [6, 6.07) is 14.0. The van der Waals surface area contributed by atoms with Crippen molar-refractivity contribution in [3.8, 4) is 0 Å². The van der Waals surface area contributed by atoms with E-state index in [1.54, 1.807) is 12.1 Å². The molecular weight excluding hydrogens is 352 g/mol. The maximum Gasteiger partial charge on any atom is 0.238 e. The molecule has 0 saturated carbocycles. The van der Waals surface area contributed by atoms with Gasteiger partial charge >= 0.3 is 0 Å². The first kappa shape index (κ1) is 19.9. The summed E-state index contributed by atoms with van der Waals surface area (Å²) >= 11 is 0. The standard InChI is InChI=1S/C18H24N4O3S/c1-22(2)16-7-5-15(6-8-16)21-18(23)13-20-12-11-14-3-9-17(10-4-14)26(19,24)25/h3-10,20H,11-13H2,1-2H3,(H,21,23)(H2,19,24,25). The number of nitrogens with two attached hydrogens (primary N) is 1. The largest absolute Gasteiger partial charge is 0.378 e. The topological polar surface area (TPSA) is 105 Å². The predicted octanol–water partition coefficient (Wildman–Crippen LogP) is 1.17. The van der Waals surface area contributed by atoms with Gasteiger partial charge in [0.05, 0.1) is 11.4 Å². The third-order valence-corrected chi connectivity index (χ3v) is 4.72. The molecule has 0 spiro atoms. The van der Waals surface area contributed by atoms with Crippen LogP contribution in [0.25, 0.3) is 0 Å². The van der Waals surface area contributed by atoms with Crippen LogP contribution in [0, 0.1) is 0 Å². The smallest absolute Gasteiger partial charge is 0.238 e. The van der Waals surface area contributed by atoms with Crippen LogP contribution in [0.2, 0.25) is 0 Å². The van der Waals surface area contributed by atoms with E-state index in [9.17, 15) is 13.2 Å². The number of carbonyl (C=O) groups is 1. The Labute approximate surface area is 154 Å². The Kier molecular flexibility index (Phi) is 6.73. The normalized spacial score (nSPS) is 11.2. The Balaban J connectivity index is 1.73. The summed E-state index contributed by atoms with van der Waals surface area (Å²) in [5.41, 5.74) is 2.78. The van der Waals surface area contributed by atoms with Crippen LogP contribution in [0.5, 0.6) is 0 Å². The van der Waals surface area contributed by atoms with E-state index in [1.807, 2.05) is 43.3 Å². The summed E-state index contributed by atoms with van der Waals surface area (Å²) in [5, 5.41) is 11.0. The van der Waals surface area contributed by atoms with Crippen molar-refractivity contribution < 1.29 is 13.2 Å². The van der Waals surface area contributed by atoms with Crippen LogP contribution >= 0.6 is 0 Å². The van der Waals surface area contributed by atoms with Crippen LogP contribution in [0.3, 0.4) is 0 Å². The highest BCUT2D eigenvalue weighted by Gasteiger charge is 2.07. The van der Waals surface area contributed by atoms with Crippen molar-refractivity contribution in [2.24, 2.45) is 5.14 Å². The Bertz CT molecular complexity index is 832. The molecule has 0 aliphatic rings. The molecule has 0 aliphatic carbocycles. The summed E-state index contributed by atoms with van der Waals surface area (Å²) < 4.78 is 22.4. The molecule has 26 heavy (non-hydrogen) atoms. The molecule has 0 heterocycles. The molecule has 0 saturated heterocycles. The van der Waals surface area contributed by atoms with Crippen molar-refractivity contribution >= 4 is 27.3 Å². The number of amides is 1. The molecule has 140 valence electrons. The zero-order chi connectivity index (χ0) is 19.2. The number of hydrogen-bond donors (Lipinski definition) is 3. The van der Waals surface area contributed by atoms with E-state index in [4.69, 9.17) is 5.14 Å². The van der Waals surface area contributed by atoms with Gasteiger partial charge in [-0.3, -0.25) is 4.79 Å². The van der Waals surface area contributed by atoms with E-state index >= 15 is 0 Å². The van der Waals surface area contributed by atoms with E-state index in [-0.39, 0.29) is 17.3 Å². The fourth-order valence-corrected chi connectivity index (χ4v) is 2.84. The van der Waals surface area contributed by atoms with Gasteiger partial charge in [-0.05, 0) is 54.9 Å². The van der Waals surface area contributed by atoms with Gasteiger partial charge in [-0.2, -0.15) is 0 Å². The fraction of sp³-hybridized carbons (Fsp3) is 0.278. The number of nitrogens with one attached hydrogen (secondary N) is 2. The van der Waals surface area contributed by atoms with E-state index in [2.05, 4.69) is 10.6 Å². The second-order valence-corrected chi connectivity index (χ2v) is 7.67. The molecule has 4 N–H and O–H groups in total. The zero-order valence-electron chi connectivity index (χ0n) is 14.9. The van der Waals surface area contributed by atoms with Gasteiger partial charge in [-0.1, -0.05) is 12.1 Å². The van der Waals surface area contributed by atoms with Crippen molar-refractivity contribution in [3.05, 3.63) is 54.1 Å². The number of carbonyl (C=O) groups excluding carboxylic acids is 1. The van der Waals surface area contributed by atoms with Gasteiger partial charge in [0.15, 0.2) is 0 Å². The lowest BCUT2D eigenvalue weighted by Crippen LogP contribution is -2.29. The Hall–Kier alpha value is -2.42. The number of anilines is 2. The fourth-order valence-electron chi connectivity index (χ4n) is 2.33. The van der Waals surface area contributed by atoms with E-state index in [0.29, 0.717) is 13.0 Å². The molecule has 0 radical (unpaired) electrons. The lowest BCUT2D eigenvalue weighted by atomic mass is 10.1. The third-order valence-electron chi connectivity index (χ3n) is 3.80. The minimum absolute atomic E-state index is 0.0915. The number of primary sulfonamides is 1. The van der Waals surface area contributed by atoms with Gasteiger partial charge in [0.2, 0.25) is 15.9 Å². The lowest BCUT2D eigenvalue weighted by Gasteiger charge is -2.13. The Morgan fingerprint density at radius 3 is 2.19 bits per heavy atom. The second-order valence-electron chi connectivity index (χ2n) is 6.11. The molecule has 0 aliphatic heterocycles. The molecule has 0 aromatic heterocycles. The van der Waals surface area contributed by atoms with E-state index < -0.39 is 10.0 Å². The molecule has 7 nitrogen and oxygen atoms in total. The van der Waals surface area contributed by atoms with Gasteiger partial charge in [-0.15, -0.1) is 0 Å². The summed E-state index contributed by atoms with van der Waals surface area (Å²) in [7, 11) is 0.252. The van der Waals surface area contributed by atoms with Crippen molar-refractivity contribution in [3.63, 3.8) is 0 Å². The molecule has 0 unspecified atom stereocenters. The highest BCUT2D eigenvalue weighted by Crippen LogP contribution is 2.15. The summed E-state index contributed by atoms with van der Waals surface area (Å²) in [6.45, 7) is 0.798. The van der Waals surface area contributed by atoms with Crippen LogP contribution in [0.15, 0.2) is 53.4 Å². The maximum absolute atomic E-state index is 11.9. The number of sulfonamides is 1. The molecular formula is C18H24N4O3S. The van der Waals surface area contributed by atoms with Crippen LogP contribution in [0.4, 0.5) is 11.4 Å². The monoisotopic (exact) mass is 376 g/mol. The minimum atomic E-state index is -3.66. The third kappa shape index (κ3) is 6.14. The highest BCUT2D eigenvalue weighted by atomic mass is 32.2. The van der Waals surface area contributed by atoms with Gasteiger partial charge in [0.1, 0.15) is 0 Å².